The van der Waals surface area contributed by atoms with Gasteiger partial charge in [0.2, 0.25) is 0 Å². The van der Waals surface area contributed by atoms with Gasteiger partial charge >= 0.3 is 12.3 Å². The number of nitrogens with one attached hydrogen (secondary N) is 1. The van der Waals surface area contributed by atoms with Gasteiger partial charge in [-0.2, -0.15) is 13.2 Å². The van der Waals surface area contributed by atoms with Crippen LogP contribution < -0.4 is 10.1 Å². The lowest BCUT2D eigenvalue weighted by Gasteiger charge is -2.12. The number of hydrogen-bond acceptors (Lipinski definition) is 3. The van der Waals surface area contributed by atoms with Gasteiger partial charge in [-0.3, -0.25) is 0 Å². The molecule has 9 heteroatoms. The molecule has 2 aromatic rings. The summed E-state index contributed by atoms with van der Waals surface area (Å²) in [7, 11) is 1.41. The van der Waals surface area contributed by atoms with E-state index in [4.69, 9.17) is 9.84 Å². The van der Waals surface area contributed by atoms with Crippen molar-refractivity contribution in [2.45, 2.75) is 31.6 Å². The molecule has 0 radical (unpaired) electrons. The summed E-state index contributed by atoms with van der Waals surface area (Å²) in [6, 6.07) is 4.83. The predicted molar refractivity (Wildman–Crippen MR) is 82.4 cm³/mol. The average molecular weight is 355 g/mol. The van der Waals surface area contributed by atoms with Crippen molar-refractivity contribution in [1.82, 2.24) is 14.9 Å². The predicted octanol–water partition coefficient (Wildman–Crippen LogP) is 3.68. The Labute approximate surface area is 141 Å². The molecule has 25 heavy (non-hydrogen) atoms. The highest BCUT2D eigenvalue weighted by Gasteiger charge is 2.37. The minimum atomic E-state index is -4.52. The fourth-order valence-electron chi connectivity index (χ4n) is 2.57. The third-order valence-corrected chi connectivity index (χ3v) is 3.91. The van der Waals surface area contributed by atoms with Gasteiger partial charge in [-0.1, -0.05) is 6.07 Å². The van der Waals surface area contributed by atoms with Crippen molar-refractivity contribution in [3.8, 4) is 17.1 Å². The van der Waals surface area contributed by atoms with Gasteiger partial charge in [0.05, 0.1) is 12.7 Å². The molecular weight excluding hydrogens is 339 g/mol. The van der Waals surface area contributed by atoms with Gasteiger partial charge in [0.1, 0.15) is 11.6 Å². The van der Waals surface area contributed by atoms with E-state index in [2.05, 4.69) is 10.3 Å². The molecule has 1 aliphatic carbocycles. The summed E-state index contributed by atoms with van der Waals surface area (Å²) < 4.78 is 45.9. The molecule has 2 N–H and O–H groups in total. The number of amides is 1. The summed E-state index contributed by atoms with van der Waals surface area (Å²) in [5.74, 6) is 0.537. The molecule has 1 aromatic carbocycles. The highest BCUT2D eigenvalue weighted by Crippen LogP contribution is 2.42. The first-order valence-corrected chi connectivity index (χ1v) is 7.59. The van der Waals surface area contributed by atoms with Crippen LogP contribution in [-0.4, -0.2) is 27.9 Å². The molecule has 1 aliphatic rings. The van der Waals surface area contributed by atoms with E-state index in [-0.39, 0.29) is 18.4 Å². The first-order chi connectivity index (χ1) is 11.8. The van der Waals surface area contributed by atoms with Crippen molar-refractivity contribution in [2.75, 3.05) is 7.11 Å². The molecular formula is C16H16F3N3O3. The van der Waals surface area contributed by atoms with Crippen molar-refractivity contribution >= 4 is 6.09 Å². The molecule has 134 valence electrons. The van der Waals surface area contributed by atoms with E-state index < -0.39 is 18.0 Å². The maximum Gasteiger partial charge on any atom is 0.434 e. The Hall–Kier alpha value is -2.71. The summed E-state index contributed by atoms with van der Waals surface area (Å²) in [6.07, 6.45) is -3.03. The Morgan fingerprint density at radius 3 is 2.72 bits per heavy atom. The van der Waals surface area contributed by atoms with E-state index in [0.717, 1.165) is 19.0 Å². The van der Waals surface area contributed by atoms with E-state index in [1.54, 1.807) is 18.2 Å². The zero-order valence-corrected chi connectivity index (χ0v) is 13.3. The summed E-state index contributed by atoms with van der Waals surface area (Å²) in [5, 5.41) is 10.9. The van der Waals surface area contributed by atoms with Crippen LogP contribution in [0.5, 0.6) is 5.75 Å². The number of halogens is 3. The Kier molecular flexibility index (Phi) is 4.32. The van der Waals surface area contributed by atoms with E-state index in [9.17, 15) is 18.0 Å². The van der Waals surface area contributed by atoms with Gasteiger partial charge in [0.15, 0.2) is 5.69 Å². The lowest BCUT2D eigenvalue weighted by molar-refractivity contribution is -0.140. The molecule has 0 bridgehead atoms. The van der Waals surface area contributed by atoms with Gasteiger partial charge in [-0.05, 0) is 30.5 Å². The second kappa shape index (κ2) is 6.30. The van der Waals surface area contributed by atoms with Gasteiger partial charge in [0, 0.05) is 18.8 Å². The summed E-state index contributed by atoms with van der Waals surface area (Å²) in [4.78, 5) is 14.4. The number of rotatable bonds is 5. The fraction of sp³-hybridized carbons (Fsp3) is 0.375. The zero-order chi connectivity index (χ0) is 18.2. The number of aromatic nitrogens is 2. The van der Waals surface area contributed by atoms with E-state index in [1.807, 2.05) is 0 Å². The Balaban J connectivity index is 2.00. The summed E-state index contributed by atoms with van der Waals surface area (Å²) in [6.45, 7) is 0.0663. The van der Waals surface area contributed by atoms with Crippen molar-refractivity contribution < 1.29 is 27.8 Å². The molecule has 1 fully saturated rings. The lowest BCUT2D eigenvalue weighted by atomic mass is 10.1. The second-order valence-corrected chi connectivity index (χ2v) is 5.78. The number of methoxy groups -OCH3 is 1. The number of alkyl halides is 3. The highest BCUT2D eigenvalue weighted by molar-refractivity contribution is 5.67. The third-order valence-electron chi connectivity index (χ3n) is 3.91. The van der Waals surface area contributed by atoms with E-state index in [1.165, 1.54) is 11.7 Å². The molecule has 1 aromatic heterocycles. The Morgan fingerprint density at radius 1 is 1.44 bits per heavy atom. The molecule has 0 aliphatic heterocycles. The second-order valence-electron chi connectivity index (χ2n) is 5.78. The number of hydrogen-bond donors (Lipinski definition) is 2. The molecule has 0 saturated heterocycles. The van der Waals surface area contributed by atoms with Crippen LogP contribution in [0, 0.1) is 0 Å². The van der Waals surface area contributed by atoms with Crippen LogP contribution in [0.3, 0.4) is 0 Å². The average Bonchev–Trinajstić information content (AvgIpc) is 3.29. The molecule has 1 saturated carbocycles. The highest BCUT2D eigenvalue weighted by atomic mass is 19.4. The quantitative estimate of drug-likeness (QED) is 0.858. The number of benzene rings is 1. The molecule has 3 rings (SSSR count). The van der Waals surface area contributed by atoms with Crippen LogP contribution in [-0.2, 0) is 12.7 Å². The van der Waals surface area contributed by atoms with Gasteiger partial charge in [-0.25, -0.2) is 9.78 Å². The van der Waals surface area contributed by atoms with Gasteiger partial charge in [-0.15, -0.1) is 0 Å². The van der Waals surface area contributed by atoms with E-state index in [0.29, 0.717) is 16.9 Å². The third kappa shape index (κ3) is 3.70. The van der Waals surface area contributed by atoms with Crippen LogP contribution in [0.2, 0.25) is 0 Å². The fourth-order valence-corrected chi connectivity index (χ4v) is 2.57. The molecule has 1 amide bonds. The Bertz CT molecular complexity index is 798. The van der Waals surface area contributed by atoms with Crippen LogP contribution in [0.25, 0.3) is 11.4 Å². The van der Waals surface area contributed by atoms with Crippen LogP contribution >= 0.6 is 0 Å². The van der Waals surface area contributed by atoms with Crippen molar-refractivity contribution in [3.63, 3.8) is 0 Å². The lowest BCUT2D eigenvalue weighted by Crippen LogP contribution is -2.19. The molecule has 0 unspecified atom stereocenters. The number of ether oxygens (including phenoxy) is 1. The minimum Gasteiger partial charge on any atom is -0.496 e. The largest absolute Gasteiger partial charge is 0.496 e. The van der Waals surface area contributed by atoms with Gasteiger partial charge < -0.3 is 19.7 Å². The SMILES string of the molecule is COc1cc(CNC(=O)O)ccc1-c1nc(C(F)(F)F)cn1C1CC1. The monoisotopic (exact) mass is 355 g/mol. The van der Waals surface area contributed by atoms with Crippen LogP contribution in [0.4, 0.5) is 18.0 Å². The summed E-state index contributed by atoms with van der Waals surface area (Å²) >= 11 is 0. The maximum absolute atomic E-state index is 13.0. The standard InChI is InChI=1S/C16H16F3N3O3/c1-25-12-6-9(7-20-15(23)24)2-5-11(12)14-21-13(16(17,18)19)8-22(14)10-3-4-10/h2,5-6,8,10,20H,3-4,7H2,1H3,(H,23,24). The number of nitrogens with zero attached hydrogens (tertiary/aromatic N) is 2. The summed E-state index contributed by atoms with van der Waals surface area (Å²) in [5.41, 5.74) is 0.126. The number of carbonyl (C=O) groups is 1. The van der Waals surface area contributed by atoms with Crippen molar-refractivity contribution in [1.29, 1.82) is 0 Å². The topological polar surface area (TPSA) is 76.4 Å². The number of carboxylic acid groups (broad SMARTS) is 1. The normalized spacial score (nSPS) is 14.4. The number of imidazole rings is 1. The molecule has 6 nitrogen and oxygen atoms in total. The first-order valence-electron chi connectivity index (χ1n) is 7.59. The van der Waals surface area contributed by atoms with E-state index >= 15 is 0 Å². The maximum atomic E-state index is 13.0. The van der Waals surface area contributed by atoms with Crippen LogP contribution in [0.1, 0.15) is 30.1 Å². The van der Waals surface area contributed by atoms with Gasteiger partial charge in [0.25, 0.3) is 0 Å². The molecule has 0 spiro atoms. The smallest absolute Gasteiger partial charge is 0.434 e. The van der Waals surface area contributed by atoms with Crippen molar-refractivity contribution in [2.24, 2.45) is 0 Å². The molecule has 1 heterocycles. The minimum absolute atomic E-state index is 0.0108. The van der Waals surface area contributed by atoms with Crippen LogP contribution in [0.15, 0.2) is 24.4 Å². The first kappa shape index (κ1) is 17.1. The Morgan fingerprint density at radius 2 is 2.16 bits per heavy atom. The van der Waals surface area contributed by atoms with Crippen molar-refractivity contribution in [3.05, 3.63) is 35.7 Å². The molecule has 0 atom stereocenters. The zero-order valence-electron chi connectivity index (χ0n) is 13.3.